The van der Waals surface area contributed by atoms with E-state index in [9.17, 15) is 9.59 Å². The first-order chi connectivity index (χ1) is 6.74. The van der Waals surface area contributed by atoms with Crippen molar-refractivity contribution in [2.24, 2.45) is 0 Å². The van der Waals surface area contributed by atoms with Gasteiger partial charge in [0.25, 0.3) is 0 Å². The molecule has 1 rings (SSSR count). The summed E-state index contributed by atoms with van der Waals surface area (Å²) < 4.78 is 0. The Kier molecular flexibility index (Phi) is 4.19. The molecule has 1 aromatic carbocycles. The molecule has 0 radical (unpaired) electrons. The summed E-state index contributed by atoms with van der Waals surface area (Å²) >= 11 is 0.799. The fourth-order valence-electron chi connectivity index (χ4n) is 1.09. The average Bonchev–Trinajstić information content (AvgIpc) is 2.18. The highest BCUT2D eigenvalue weighted by molar-refractivity contribution is 8.12. The number of carbonyl (C=O) groups excluding carboxylic acids is 1. The van der Waals surface area contributed by atoms with Gasteiger partial charge in [0.1, 0.15) is 5.25 Å². The largest absolute Gasteiger partial charge is 0.480 e. The van der Waals surface area contributed by atoms with Crippen molar-refractivity contribution in [3.05, 3.63) is 35.9 Å². The summed E-state index contributed by atoms with van der Waals surface area (Å²) in [5.41, 5.74) is 1.50. The van der Waals surface area contributed by atoms with Gasteiger partial charge in [-0.1, -0.05) is 42.1 Å². The van der Waals surface area contributed by atoms with E-state index < -0.39 is 11.2 Å². The minimum absolute atomic E-state index is 0.375. The van der Waals surface area contributed by atoms with Crippen molar-refractivity contribution in [1.82, 2.24) is 0 Å². The molecule has 0 unspecified atom stereocenters. The molecule has 1 N–H and O–H groups in total. The Morgan fingerprint density at radius 1 is 1.43 bits per heavy atom. The number of rotatable bonds is 5. The maximum absolute atomic E-state index is 10.7. The molecule has 0 aromatic heterocycles. The van der Waals surface area contributed by atoms with Crippen LogP contribution >= 0.6 is 11.8 Å². The number of benzene rings is 1. The maximum atomic E-state index is 10.7. The smallest absolute Gasteiger partial charge is 0.317 e. The molecule has 0 aliphatic rings. The lowest BCUT2D eigenvalue weighted by molar-refractivity contribution is -0.136. The monoisotopic (exact) mass is 210 g/mol. The van der Waals surface area contributed by atoms with Crippen LogP contribution in [0.25, 0.3) is 0 Å². The number of hydrogen-bond acceptors (Lipinski definition) is 3. The second kappa shape index (κ2) is 5.44. The van der Waals surface area contributed by atoms with Gasteiger partial charge in [-0.15, -0.1) is 0 Å². The molecular weight excluding hydrogens is 200 g/mol. The minimum Gasteiger partial charge on any atom is -0.480 e. The molecule has 14 heavy (non-hydrogen) atoms. The van der Waals surface area contributed by atoms with E-state index in [0.717, 1.165) is 17.3 Å². The molecular formula is C10H10O3S. The highest BCUT2D eigenvalue weighted by atomic mass is 32.2. The first-order valence-electron chi connectivity index (χ1n) is 4.10. The highest BCUT2D eigenvalue weighted by Crippen LogP contribution is 2.14. The molecule has 0 fully saturated rings. The van der Waals surface area contributed by atoms with E-state index in [1.807, 2.05) is 30.3 Å². The van der Waals surface area contributed by atoms with Gasteiger partial charge in [0.15, 0.2) is 5.62 Å². The van der Waals surface area contributed by atoms with E-state index in [0.29, 0.717) is 12.0 Å². The zero-order chi connectivity index (χ0) is 10.4. The zero-order valence-electron chi connectivity index (χ0n) is 7.42. The molecule has 4 heteroatoms. The normalized spacial score (nSPS) is 12.0. The van der Waals surface area contributed by atoms with Gasteiger partial charge in [0.05, 0.1) is 0 Å². The summed E-state index contributed by atoms with van der Waals surface area (Å²) in [5.74, 6) is -0.953. The van der Waals surface area contributed by atoms with Crippen LogP contribution in [0.1, 0.15) is 5.56 Å². The molecule has 0 heterocycles. The first-order valence-corrected chi connectivity index (χ1v) is 5.04. The molecule has 0 saturated heterocycles. The van der Waals surface area contributed by atoms with Crippen LogP contribution in [0.3, 0.4) is 0 Å². The summed E-state index contributed by atoms with van der Waals surface area (Å²) in [4.78, 5) is 20.9. The van der Waals surface area contributed by atoms with Crippen molar-refractivity contribution < 1.29 is 14.7 Å². The molecule has 0 saturated carbocycles. The second-order valence-corrected chi connectivity index (χ2v) is 3.78. The van der Waals surface area contributed by atoms with Crippen molar-refractivity contribution in [1.29, 1.82) is 0 Å². The maximum Gasteiger partial charge on any atom is 0.317 e. The predicted octanol–water partition coefficient (Wildman–Crippen LogP) is 1.61. The van der Waals surface area contributed by atoms with Gasteiger partial charge in [-0.3, -0.25) is 9.59 Å². The van der Waals surface area contributed by atoms with E-state index in [4.69, 9.17) is 5.11 Å². The van der Waals surface area contributed by atoms with Gasteiger partial charge in [-0.2, -0.15) is 0 Å². The van der Waals surface area contributed by atoms with Gasteiger partial charge in [-0.25, -0.2) is 0 Å². The Labute approximate surface area is 86.1 Å². The Hall–Kier alpha value is -1.29. The van der Waals surface area contributed by atoms with Crippen LogP contribution in [-0.4, -0.2) is 21.9 Å². The second-order valence-electron chi connectivity index (χ2n) is 2.75. The minimum atomic E-state index is -0.953. The number of carboxylic acid groups (broad SMARTS) is 1. The van der Waals surface area contributed by atoms with Gasteiger partial charge < -0.3 is 5.11 Å². The molecule has 1 aromatic rings. The summed E-state index contributed by atoms with van der Waals surface area (Å²) in [5, 5.41) is 8.10. The Morgan fingerprint density at radius 2 is 2.07 bits per heavy atom. The van der Waals surface area contributed by atoms with Crippen molar-refractivity contribution >= 4 is 23.3 Å². The lowest BCUT2D eigenvalue weighted by atomic mass is 10.1. The Morgan fingerprint density at radius 3 is 2.57 bits per heavy atom. The van der Waals surface area contributed by atoms with Crippen LogP contribution < -0.4 is 0 Å². The molecule has 0 amide bonds. The number of carboxylic acids is 1. The summed E-state index contributed by atoms with van der Waals surface area (Å²) in [7, 11) is 0. The number of aliphatic carboxylic acids is 1. The fraction of sp³-hybridized carbons (Fsp3) is 0.200. The molecule has 0 bridgehead atoms. The third-order valence-corrected chi connectivity index (χ3v) is 2.57. The fourth-order valence-corrected chi connectivity index (χ4v) is 1.63. The van der Waals surface area contributed by atoms with Crippen LogP contribution in [0.4, 0.5) is 0 Å². The Bertz CT molecular complexity index is 310. The van der Waals surface area contributed by atoms with Crippen molar-refractivity contribution in [2.75, 3.05) is 0 Å². The molecule has 0 aliphatic heterocycles. The summed E-state index contributed by atoms with van der Waals surface area (Å²) in [6.07, 6.45) is 0.375. The zero-order valence-corrected chi connectivity index (χ0v) is 8.24. The number of thioether (sulfide) groups is 1. The van der Waals surface area contributed by atoms with Gasteiger partial charge in [0, 0.05) is 0 Å². The number of hydrogen-bond donors (Lipinski definition) is 1. The summed E-state index contributed by atoms with van der Waals surface area (Å²) in [6.45, 7) is 0. The van der Waals surface area contributed by atoms with E-state index >= 15 is 0 Å². The van der Waals surface area contributed by atoms with Crippen molar-refractivity contribution in [3.8, 4) is 0 Å². The van der Waals surface area contributed by atoms with Crippen LogP contribution in [0, 0.1) is 0 Å². The third-order valence-electron chi connectivity index (χ3n) is 1.76. The Balaban J connectivity index is 2.64. The van der Waals surface area contributed by atoms with Crippen molar-refractivity contribution in [2.45, 2.75) is 11.7 Å². The quantitative estimate of drug-likeness (QED) is 0.750. The molecule has 0 aliphatic carbocycles. The third kappa shape index (κ3) is 3.22. The SMILES string of the molecule is O=CS[C@@H](Cc1ccccc1)C(=O)O. The topological polar surface area (TPSA) is 54.4 Å². The van der Waals surface area contributed by atoms with Crippen LogP contribution in [0.5, 0.6) is 0 Å². The van der Waals surface area contributed by atoms with E-state index in [1.165, 1.54) is 0 Å². The van der Waals surface area contributed by atoms with E-state index in [2.05, 4.69) is 0 Å². The van der Waals surface area contributed by atoms with Gasteiger partial charge in [-0.05, 0) is 12.0 Å². The van der Waals surface area contributed by atoms with E-state index in [-0.39, 0.29) is 0 Å². The van der Waals surface area contributed by atoms with E-state index in [1.54, 1.807) is 0 Å². The predicted molar refractivity (Wildman–Crippen MR) is 55.9 cm³/mol. The standard InChI is InChI=1S/C10H10O3S/c11-7-14-9(10(12)13)6-8-4-2-1-3-5-8/h1-5,7,9H,6H2,(H,12,13)/t9-/m0/s1. The number of carbonyl (C=O) groups is 2. The summed E-state index contributed by atoms with van der Waals surface area (Å²) in [6, 6.07) is 9.26. The van der Waals surface area contributed by atoms with Crippen LogP contribution in [0.2, 0.25) is 0 Å². The van der Waals surface area contributed by atoms with Gasteiger partial charge in [0.2, 0.25) is 0 Å². The molecule has 0 spiro atoms. The van der Waals surface area contributed by atoms with Gasteiger partial charge >= 0.3 is 5.97 Å². The van der Waals surface area contributed by atoms with Crippen LogP contribution in [0.15, 0.2) is 30.3 Å². The van der Waals surface area contributed by atoms with Crippen LogP contribution in [-0.2, 0) is 16.0 Å². The molecule has 74 valence electrons. The lowest BCUT2D eigenvalue weighted by Crippen LogP contribution is -2.19. The lowest BCUT2D eigenvalue weighted by Gasteiger charge is -2.07. The highest BCUT2D eigenvalue weighted by Gasteiger charge is 2.17. The average molecular weight is 210 g/mol. The molecule has 1 atom stereocenters. The van der Waals surface area contributed by atoms with Crippen molar-refractivity contribution in [3.63, 3.8) is 0 Å². The first kappa shape index (κ1) is 10.8. The molecule has 3 nitrogen and oxygen atoms in total.